The van der Waals surface area contributed by atoms with Crippen LogP contribution in [-0.2, 0) is 4.74 Å². The van der Waals surface area contributed by atoms with Crippen molar-refractivity contribution in [3.63, 3.8) is 0 Å². The third kappa shape index (κ3) is 4.02. The summed E-state index contributed by atoms with van der Waals surface area (Å²) in [5.41, 5.74) is 0.499. The number of rotatable bonds is 5. The molecule has 7 heteroatoms. The topological polar surface area (TPSA) is 51.2 Å². The minimum atomic E-state index is -0.212. The predicted octanol–water partition coefficient (Wildman–Crippen LogP) is 3.68. The van der Waals surface area contributed by atoms with Crippen LogP contribution in [0.15, 0.2) is 35.1 Å². The summed E-state index contributed by atoms with van der Waals surface area (Å²) in [6, 6.07) is 5.42. The number of hydrogen-bond donors (Lipinski definition) is 1. The fraction of sp³-hybridized carbons (Fsp3) is 0.231. The third-order valence-electron chi connectivity index (χ3n) is 2.61. The second kappa shape index (κ2) is 7.17. The Bertz CT molecular complexity index is 606. The van der Waals surface area contributed by atoms with Gasteiger partial charge in [0, 0.05) is 35.4 Å². The molecular formula is C13H12BrClN2O2S. The highest BCUT2D eigenvalue weighted by atomic mass is 79.9. The van der Waals surface area contributed by atoms with Crippen LogP contribution in [0.4, 0.5) is 0 Å². The highest BCUT2D eigenvalue weighted by molar-refractivity contribution is 9.10. The van der Waals surface area contributed by atoms with Crippen LogP contribution in [0.1, 0.15) is 21.3 Å². The van der Waals surface area contributed by atoms with Crippen molar-refractivity contribution in [3.05, 3.63) is 49.8 Å². The number of ether oxygens (including phenoxy) is 1. The lowest BCUT2D eigenvalue weighted by Gasteiger charge is -2.14. The number of halogens is 2. The van der Waals surface area contributed by atoms with Gasteiger partial charge >= 0.3 is 0 Å². The molecule has 1 unspecified atom stereocenters. The molecule has 0 aliphatic rings. The number of carbonyl (C=O) groups is 1. The molecule has 1 amide bonds. The molecule has 0 aromatic carbocycles. The SMILES string of the molecule is COC(CNC(=O)c1cncc(Br)c1)c1ccc(Cl)s1. The lowest BCUT2D eigenvalue weighted by molar-refractivity contribution is 0.0837. The summed E-state index contributed by atoms with van der Waals surface area (Å²) >= 11 is 10.6. The minimum Gasteiger partial charge on any atom is -0.374 e. The van der Waals surface area contributed by atoms with Gasteiger partial charge in [0.05, 0.1) is 9.90 Å². The van der Waals surface area contributed by atoms with Gasteiger partial charge in [-0.2, -0.15) is 0 Å². The number of carbonyl (C=O) groups excluding carboxylic acids is 1. The number of pyridine rings is 1. The number of thiophene rings is 1. The van der Waals surface area contributed by atoms with Crippen LogP contribution in [0.25, 0.3) is 0 Å². The van der Waals surface area contributed by atoms with Gasteiger partial charge in [-0.3, -0.25) is 9.78 Å². The summed E-state index contributed by atoms with van der Waals surface area (Å²) in [5.74, 6) is -0.191. The van der Waals surface area contributed by atoms with Crippen LogP contribution in [0.2, 0.25) is 4.34 Å². The standard InChI is InChI=1S/C13H12BrClN2O2S/c1-19-10(11-2-3-12(15)20-11)7-17-13(18)8-4-9(14)6-16-5-8/h2-6,10H,7H2,1H3,(H,17,18). The molecule has 0 aliphatic heterocycles. The summed E-state index contributed by atoms with van der Waals surface area (Å²) in [5, 5.41) is 2.82. The fourth-order valence-electron chi connectivity index (χ4n) is 1.62. The molecule has 0 saturated heterocycles. The van der Waals surface area contributed by atoms with Gasteiger partial charge in [0.25, 0.3) is 5.91 Å². The van der Waals surface area contributed by atoms with Crippen molar-refractivity contribution in [2.24, 2.45) is 0 Å². The molecule has 0 radical (unpaired) electrons. The molecule has 1 atom stereocenters. The number of methoxy groups -OCH3 is 1. The van der Waals surface area contributed by atoms with Crippen LogP contribution < -0.4 is 5.32 Å². The predicted molar refractivity (Wildman–Crippen MR) is 83.3 cm³/mol. The van der Waals surface area contributed by atoms with E-state index in [1.165, 1.54) is 17.5 Å². The van der Waals surface area contributed by atoms with E-state index in [0.717, 1.165) is 9.35 Å². The van der Waals surface area contributed by atoms with Gasteiger partial charge in [-0.1, -0.05) is 11.6 Å². The minimum absolute atomic E-state index is 0.191. The first-order valence-corrected chi connectivity index (χ1v) is 7.75. The molecule has 0 saturated carbocycles. The van der Waals surface area contributed by atoms with E-state index in [-0.39, 0.29) is 12.0 Å². The lowest BCUT2D eigenvalue weighted by Crippen LogP contribution is -2.28. The maximum absolute atomic E-state index is 12.0. The van der Waals surface area contributed by atoms with Crippen molar-refractivity contribution in [1.82, 2.24) is 10.3 Å². The highest BCUT2D eigenvalue weighted by Crippen LogP contribution is 2.28. The van der Waals surface area contributed by atoms with Gasteiger partial charge < -0.3 is 10.1 Å². The van der Waals surface area contributed by atoms with E-state index in [1.54, 1.807) is 19.4 Å². The molecule has 0 bridgehead atoms. The molecule has 4 nitrogen and oxygen atoms in total. The van der Waals surface area contributed by atoms with E-state index < -0.39 is 0 Å². The van der Waals surface area contributed by atoms with Crippen molar-refractivity contribution >= 4 is 44.8 Å². The number of hydrogen-bond acceptors (Lipinski definition) is 4. The zero-order valence-electron chi connectivity index (χ0n) is 10.6. The van der Waals surface area contributed by atoms with Crippen LogP contribution in [-0.4, -0.2) is 24.5 Å². The van der Waals surface area contributed by atoms with E-state index in [0.29, 0.717) is 16.4 Å². The number of nitrogens with zero attached hydrogens (tertiary/aromatic N) is 1. The first-order chi connectivity index (χ1) is 9.60. The Hall–Kier alpha value is -0.950. The maximum Gasteiger partial charge on any atom is 0.252 e. The molecule has 0 spiro atoms. The van der Waals surface area contributed by atoms with Gasteiger partial charge in [-0.25, -0.2) is 0 Å². The van der Waals surface area contributed by atoms with E-state index in [1.807, 2.05) is 12.1 Å². The van der Waals surface area contributed by atoms with Crippen molar-refractivity contribution in [1.29, 1.82) is 0 Å². The summed E-state index contributed by atoms with van der Waals surface area (Å²) < 4.78 is 6.83. The third-order valence-corrected chi connectivity index (χ3v) is 4.37. The molecular weight excluding hydrogens is 364 g/mol. The first kappa shape index (κ1) is 15.4. The fourth-order valence-corrected chi connectivity index (χ4v) is 3.13. The van der Waals surface area contributed by atoms with Crippen LogP contribution >= 0.6 is 38.9 Å². The average Bonchev–Trinajstić information content (AvgIpc) is 2.86. The van der Waals surface area contributed by atoms with E-state index in [4.69, 9.17) is 16.3 Å². The van der Waals surface area contributed by atoms with E-state index in [9.17, 15) is 4.79 Å². The van der Waals surface area contributed by atoms with Crippen LogP contribution in [0, 0.1) is 0 Å². The van der Waals surface area contributed by atoms with E-state index in [2.05, 4.69) is 26.2 Å². The van der Waals surface area contributed by atoms with Crippen molar-refractivity contribution in [3.8, 4) is 0 Å². The quantitative estimate of drug-likeness (QED) is 0.867. The lowest BCUT2D eigenvalue weighted by atomic mass is 10.2. The van der Waals surface area contributed by atoms with Gasteiger partial charge in [0.2, 0.25) is 0 Å². The Morgan fingerprint density at radius 1 is 1.55 bits per heavy atom. The molecule has 2 rings (SSSR count). The molecule has 2 aromatic rings. The van der Waals surface area contributed by atoms with Crippen molar-refractivity contribution in [2.75, 3.05) is 13.7 Å². The van der Waals surface area contributed by atoms with Crippen molar-refractivity contribution in [2.45, 2.75) is 6.10 Å². The number of aromatic nitrogens is 1. The molecule has 106 valence electrons. The maximum atomic E-state index is 12.0. The largest absolute Gasteiger partial charge is 0.374 e. The number of amides is 1. The summed E-state index contributed by atoms with van der Waals surface area (Å²) in [6.45, 7) is 0.374. The molecule has 2 aromatic heterocycles. The second-order valence-corrected chi connectivity index (χ2v) is 6.63. The molecule has 20 heavy (non-hydrogen) atoms. The zero-order chi connectivity index (χ0) is 14.5. The Morgan fingerprint density at radius 3 is 2.95 bits per heavy atom. The van der Waals surface area contributed by atoms with E-state index >= 15 is 0 Å². The Labute approximate surface area is 134 Å². The van der Waals surface area contributed by atoms with Gasteiger partial charge in [0.1, 0.15) is 6.10 Å². The van der Waals surface area contributed by atoms with Gasteiger partial charge in [0.15, 0.2) is 0 Å². The average molecular weight is 376 g/mol. The Balaban J connectivity index is 1.98. The zero-order valence-corrected chi connectivity index (χ0v) is 13.8. The second-order valence-electron chi connectivity index (χ2n) is 3.97. The smallest absolute Gasteiger partial charge is 0.252 e. The Morgan fingerprint density at radius 2 is 2.35 bits per heavy atom. The number of nitrogens with one attached hydrogen (secondary N) is 1. The molecule has 1 N–H and O–H groups in total. The summed E-state index contributed by atoms with van der Waals surface area (Å²) in [4.78, 5) is 16.9. The van der Waals surface area contributed by atoms with Gasteiger partial charge in [-0.05, 0) is 34.1 Å². The normalized spacial score (nSPS) is 12.2. The monoisotopic (exact) mass is 374 g/mol. The Kier molecular flexibility index (Phi) is 5.54. The summed E-state index contributed by atoms with van der Waals surface area (Å²) in [6.07, 6.45) is 2.93. The van der Waals surface area contributed by atoms with Gasteiger partial charge in [-0.15, -0.1) is 11.3 Å². The van der Waals surface area contributed by atoms with Crippen LogP contribution in [0.3, 0.4) is 0 Å². The molecule has 2 heterocycles. The molecule has 0 fully saturated rings. The summed E-state index contributed by atoms with van der Waals surface area (Å²) in [7, 11) is 1.60. The first-order valence-electron chi connectivity index (χ1n) is 5.77. The van der Waals surface area contributed by atoms with Crippen LogP contribution in [0.5, 0.6) is 0 Å². The highest BCUT2D eigenvalue weighted by Gasteiger charge is 2.15. The molecule has 0 aliphatic carbocycles. The van der Waals surface area contributed by atoms with Crippen molar-refractivity contribution < 1.29 is 9.53 Å².